The molecule has 0 fully saturated rings. The van der Waals surface area contributed by atoms with Gasteiger partial charge in [-0.2, -0.15) is 4.98 Å². The van der Waals surface area contributed by atoms with Gasteiger partial charge in [0.05, 0.1) is 18.7 Å². The molecule has 2 rings (SSSR count). The van der Waals surface area contributed by atoms with Gasteiger partial charge in [-0.15, -0.1) is 0 Å². The third-order valence-electron chi connectivity index (χ3n) is 2.45. The first-order valence-electron chi connectivity index (χ1n) is 5.40. The molecule has 0 saturated carbocycles. The van der Waals surface area contributed by atoms with E-state index in [2.05, 4.69) is 31.2 Å². The first kappa shape index (κ1) is 13.4. The molecule has 6 nitrogen and oxygen atoms in total. The van der Waals surface area contributed by atoms with Crippen LogP contribution in [-0.4, -0.2) is 24.2 Å². The van der Waals surface area contributed by atoms with Crippen molar-refractivity contribution in [2.75, 3.05) is 25.3 Å². The average Bonchev–Trinajstić information content (AvgIpc) is 2.43. The molecule has 7 heteroatoms. The largest absolute Gasteiger partial charge is 0.495 e. The SMILES string of the molecule is COc1cc(Nc2ncnc(OC)c2N)ccc1Br. The normalized spacial score (nSPS) is 10.1. The van der Waals surface area contributed by atoms with Crippen LogP contribution in [0.3, 0.4) is 0 Å². The maximum Gasteiger partial charge on any atom is 0.242 e. The van der Waals surface area contributed by atoms with Crippen LogP contribution in [0.2, 0.25) is 0 Å². The van der Waals surface area contributed by atoms with Gasteiger partial charge in [0, 0.05) is 11.8 Å². The van der Waals surface area contributed by atoms with E-state index in [1.807, 2.05) is 18.2 Å². The third-order valence-corrected chi connectivity index (χ3v) is 3.11. The molecule has 0 radical (unpaired) electrons. The van der Waals surface area contributed by atoms with E-state index in [1.54, 1.807) is 7.11 Å². The van der Waals surface area contributed by atoms with Gasteiger partial charge in [-0.25, -0.2) is 4.98 Å². The number of nitrogens with two attached hydrogens (primary N) is 1. The van der Waals surface area contributed by atoms with E-state index in [0.29, 0.717) is 23.1 Å². The van der Waals surface area contributed by atoms with Gasteiger partial charge in [-0.3, -0.25) is 0 Å². The molecule has 0 saturated heterocycles. The van der Waals surface area contributed by atoms with Crippen molar-refractivity contribution in [1.82, 2.24) is 9.97 Å². The summed E-state index contributed by atoms with van der Waals surface area (Å²) in [6.45, 7) is 0. The number of aromatic nitrogens is 2. The number of ether oxygens (including phenoxy) is 2. The summed E-state index contributed by atoms with van der Waals surface area (Å²) in [4.78, 5) is 8.00. The summed E-state index contributed by atoms with van der Waals surface area (Å²) in [5, 5.41) is 3.09. The zero-order valence-corrected chi connectivity index (χ0v) is 12.1. The molecular weight excluding hydrogens is 312 g/mol. The lowest BCUT2D eigenvalue weighted by Crippen LogP contribution is -2.03. The van der Waals surface area contributed by atoms with Crippen LogP contribution in [0.4, 0.5) is 17.2 Å². The van der Waals surface area contributed by atoms with Crippen LogP contribution in [0.15, 0.2) is 29.0 Å². The van der Waals surface area contributed by atoms with Crippen LogP contribution >= 0.6 is 15.9 Å². The Morgan fingerprint density at radius 3 is 2.68 bits per heavy atom. The number of nitrogens with one attached hydrogen (secondary N) is 1. The number of hydrogen-bond donors (Lipinski definition) is 2. The molecule has 0 atom stereocenters. The Labute approximate surface area is 119 Å². The minimum atomic E-state index is 0.335. The van der Waals surface area contributed by atoms with Crippen molar-refractivity contribution in [3.8, 4) is 11.6 Å². The van der Waals surface area contributed by atoms with Crippen molar-refractivity contribution in [2.45, 2.75) is 0 Å². The quantitative estimate of drug-likeness (QED) is 0.899. The number of benzene rings is 1. The lowest BCUT2D eigenvalue weighted by Gasteiger charge is -2.11. The van der Waals surface area contributed by atoms with Crippen LogP contribution in [0, 0.1) is 0 Å². The summed E-state index contributed by atoms with van der Waals surface area (Å²) in [5.74, 6) is 1.53. The summed E-state index contributed by atoms with van der Waals surface area (Å²) < 4.78 is 11.1. The van der Waals surface area contributed by atoms with Gasteiger partial charge >= 0.3 is 0 Å². The molecule has 0 unspecified atom stereocenters. The lowest BCUT2D eigenvalue weighted by molar-refractivity contribution is 0.399. The first-order chi connectivity index (χ1) is 9.15. The molecular formula is C12H13BrN4O2. The highest BCUT2D eigenvalue weighted by atomic mass is 79.9. The predicted molar refractivity (Wildman–Crippen MR) is 77.0 cm³/mol. The van der Waals surface area contributed by atoms with Crippen LogP contribution in [0.25, 0.3) is 0 Å². The summed E-state index contributed by atoms with van der Waals surface area (Å²) in [6.07, 6.45) is 1.38. The molecule has 2 aromatic rings. The number of hydrogen-bond acceptors (Lipinski definition) is 6. The Morgan fingerprint density at radius 1 is 1.21 bits per heavy atom. The van der Waals surface area contributed by atoms with E-state index in [1.165, 1.54) is 13.4 Å². The van der Waals surface area contributed by atoms with Gasteiger partial charge in [0.15, 0.2) is 5.82 Å². The van der Waals surface area contributed by atoms with Gasteiger partial charge in [0.25, 0.3) is 0 Å². The summed E-state index contributed by atoms with van der Waals surface area (Å²) >= 11 is 3.39. The van der Waals surface area contributed by atoms with Crippen LogP contribution in [-0.2, 0) is 0 Å². The first-order valence-corrected chi connectivity index (χ1v) is 6.20. The molecule has 0 aliphatic carbocycles. The molecule has 19 heavy (non-hydrogen) atoms. The molecule has 1 heterocycles. The van der Waals surface area contributed by atoms with Crippen molar-refractivity contribution in [3.63, 3.8) is 0 Å². The monoisotopic (exact) mass is 324 g/mol. The Morgan fingerprint density at radius 2 is 2.00 bits per heavy atom. The molecule has 0 spiro atoms. The number of nitrogens with zero attached hydrogens (tertiary/aromatic N) is 2. The highest BCUT2D eigenvalue weighted by Gasteiger charge is 2.09. The third kappa shape index (κ3) is 2.87. The minimum absolute atomic E-state index is 0.335. The number of halogens is 1. The topological polar surface area (TPSA) is 82.3 Å². The van der Waals surface area contributed by atoms with Crippen LogP contribution in [0.1, 0.15) is 0 Å². The highest BCUT2D eigenvalue weighted by Crippen LogP contribution is 2.31. The molecule has 3 N–H and O–H groups in total. The van der Waals surface area contributed by atoms with Crippen molar-refractivity contribution >= 4 is 33.1 Å². The second-order valence-corrected chi connectivity index (χ2v) is 4.47. The van der Waals surface area contributed by atoms with E-state index in [0.717, 1.165) is 10.2 Å². The number of nitrogen functional groups attached to an aromatic ring is 1. The van der Waals surface area contributed by atoms with E-state index in [-0.39, 0.29) is 0 Å². The smallest absolute Gasteiger partial charge is 0.242 e. The van der Waals surface area contributed by atoms with Gasteiger partial charge < -0.3 is 20.5 Å². The zero-order valence-electron chi connectivity index (χ0n) is 10.5. The molecule has 0 amide bonds. The Kier molecular flexibility index (Phi) is 4.06. The van der Waals surface area contributed by atoms with Crippen LogP contribution < -0.4 is 20.5 Å². The Hall–Kier alpha value is -2.02. The van der Waals surface area contributed by atoms with E-state index >= 15 is 0 Å². The standard InChI is InChI=1S/C12H13BrN4O2/c1-18-9-5-7(3-4-8(9)13)17-11-10(14)12(19-2)16-6-15-11/h3-6H,14H2,1-2H3,(H,15,16,17). The molecule has 0 aliphatic rings. The van der Waals surface area contributed by atoms with E-state index in [9.17, 15) is 0 Å². The number of rotatable bonds is 4. The molecule has 100 valence electrons. The van der Waals surface area contributed by atoms with Gasteiger partial charge in [0.1, 0.15) is 17.8 Å². The van der Waals surface area contributed by atoms with Crippen molar-refractivity contribution in [2.24, 2.45) is 0 Å². The number of methoxy groups -OCH3 is 2. The van der Waals surface area contributed by atoms with E-state index < -0.39 is 0 Å². The van der Waals surface area contributed by atoms with Gasteiger partial charge in [-0.1, -0.05) is 0 Å². The fourth-order valence-corrected chi connectivity index (χ4v) is 1.92. The summed E-state index contributed by atoms with van der Waals surface area (Å²) in [5.41, 5.74) is 7.04. The average molecular weight is 325 g/mol. The Bertz CT molecular complexity index is 592. The fraction of sp³-hybridized carbons (Fsp3) is 0.167. The number of anilines is 3. The van der Waals surface area contributed by atoms with Crippen molar-refractivity contribution in [3.05, 3.63) is 29.0 Å². The van der Waals surface area contributed by atoms with E-state index in [4.69, 9.17) is 15.2 Å². The van der Waals surface area contributed by atoms with Crippen LogP contribution in [0.5, 0.6) is 11.6 Å². The minimum Gasteiger partial charge on any atom is -0.495 e. The van der Waals surface area contributed by atoms with Crippen molar-refractivity contribution in [1.29, 1.82) is 0 Å². The van der Waals surface area contributed by atoms with Gasteiger partial charge in [0.2, 0.25) is 5.88 Å². The van der Waals surface area contributed by atoms with Crippen molar-refractivity contribution < 1.29 is 9.47 Å². The highest BCUT2D eigenvalue weighted by molar-refractivity contribution is 9.10. The molecule has 0 aliphatic heterocycles. The molecule has 1 aromatic carbocycles. The molecule has 0 bridgehead atoms. The maximum absolute atomic E-state index is 5.89. The Balaban J connectivity index is 2.31. The van der Waals surface area contributed by atoms with Gasteiger partial charge in [-0.05, 0) is 28.1 Å². The summed E-state index contributed by atoms with van der Waals surface area (Å²) in [7, 11) is 3.11. The predicted octanol–water partition coefficient (Wildman–Crippen LogP) is 2.58. The second-order valence-electron chi connectivity index (χ2n) is 3.62. The summed E-state index contributed by atoms with van der Waals surface area (Å²) in [6, 6.07) is 5.58. The lowest BCUT2D eigenvalue weighted by atomic mass is 10.3. The second kappa shape index (κ2) is 5.75. The zero-order chi connectivity index (χ0) is 13.8. The molecule has 1 aromatic heterocycles. The fourth-order valence-electron chi connectivity index (χ4n) is 1.52. The maximum atomic E-state index is 5.89.